The van der Waals surface area contributed by atoms with Crippen LogP contribution in [-0.4, -0.2) is 34.9 Å². The average Bonchev–Trinajstić information content (AvgIpc) is 2.42. The third kappa shape index (κ3) is 4.87. The second-order valence-corrected chi connectivity index (χ2v) is 7.73. The normalized spacial score (nSPS) is 16.7. The van der Waals surface area contributed by atoms with E-state index in [2.05, 4.69) is 0 Å². The first-order chi connectivity index (χ1) is 10.2. The van der Waals surface area contributed by atoms with Crippen LogP contribution in [0.25, 0.3) is 0 Å². The molecule has 1 amide bonds. The minimum atomic E-state index is -0.830. The van der Waals surface area contributed by atoms with E-state index in [1.807, 2.05) is 20.8 Å². The quantitative estimate of drug-likeness (QED) is 0.802. The zero-order valence-corrected chi connectivity index (χ0v) is 13.9. The van der Waals surface area contributed by atoms with E-state index in [1.54, 1.807) is 11.0 Å². The zero-order chi connectivity index (χ0) is 16.3. The number of benzene rings is 1. The number of hydrogen-bond acceptors (Lipinski definition) is 3. The number of rotatable bonds is 2. The summed E-state index contributed by atoms with van der Waals surface area (Å²) < 4.78 is 31.5. The number of carbonyl (C=O) groups is 1. The molecular formula is C16H21F2NO2S. The van der Waals surface area contributed by atoms with Gasteiger partial charge in [-0.25, -0.2) is 13.6 Å². The smallest absolute Gasteiger partial charge is 0.410 e. The van der Waals surface area contributed by atoms with Crippen molar-refractivity contribution >= 4 is 17.9 Å². The van der Waals surface area contributed by atoms with E-state index in [0.29, 0.717) is 18.3 Å². The predicted molar refractivity (Wildman–Crippen MR) is 83.0 cm³/mol. The number of nitrogens with zero attached hydrogens (tertiary/aromatic N) is 1. The number of carbonyl (C=O) groups excluding carboxylic acids is 1. The monoisotopic (exact) mass is 329 g/mol. The first kappa shape index (κ1) is 17.1. The molecule has 122 valence electrons. The Balaban J connectivity index is 1.84. The SMILES string of the molecule is CC(C)(C)OC(=O)N1CCC(Sc2ccc(F)c(F)c2)CC1. The van der Waals surface area contributed by atoms with Crippen molar-refractivity contribution in [1.82, 2.24) is 4.90 Å². The zero-order valence-electron chi connectivity index (χ0n) is 13.1. The molecule has 1 heterocycles. The van der Waals surface area contributed by atoms with Gasteiger partial charge < -0.3 is 9.64 Å². The molecule has 0 radical (unpaired) electrons. The lowest BCUT2D eigenvalue weighted by molar-refractivity contribution is 0.0219. The highest BCUT2D eigenvalue weighted by Crippen LogP contribution is 2.31. The first-order valence-electron chi connectivity index (χ1n) is 7.34. The molecule has 0 spiro atoms. The Bertz CT molecular complexity index is 537. The van der Waals surface area contributed by atoms with E-state index in [4.69, 9.17) is 4.74 Å². The fourth-order valence-corrected chi connectivity index (χ4v) is 3.37. The molecule has 0 bridgehead atoms. The van der Waals surface area contributed by atoms with Crippen molar-refractivity contribution in [2.24, 2.45) is 0 Å². The van der Waals surface area contributed by atoms with Gasteiger partial charge in [0.05, 0.1) is 0 Å². The molecule has 1 aromatic rings. The van der Waals surface area contributed by atoms with Crippen LogP contribution >= 0.6 is 11.8 Å². The Hall–Kier alpha value is -1.30. The first-order valence-corrected chi connectivity index (χ1v) is 8.22. The molecule has 0 aromatic heterocycles. The van der Waals surface area contributed by atoms with Crippen LogP contribution in [0.1, 0.15) is 33.6 Å². The third-order valence-corrected chi connectivity index (χ3v) is 4.62. The van der Waals surface area contributed by atoms with E-state index < -0.39 is 17.2 Å². The van der Waals surface area contributed by atoms with E-state index in [1.165, 1.54) is 17.8 Å². The van der Waals surface area contributed by atoms with Gasteiger partial charge in [0.1, 0.15) is 5.60 Å². The molecule has 1 aliphatic rings. The lowest BCUT2D eigenvalue weighted by Crippen LogP contribution is -2.42. The lowest BCUT2D eigenvalue weighted by atomic mass is 10.1. The van der Waals surface area contributed by atoms with Crippen molar-refractivity contribution in [3.63, 3.8) is 0 Å². The van der Waals surface area contributed by atoms with Gasteiger partial charge in [-0.3, -0.25) is 0 Å². The van der Waals surface area contributed by atoms with Gasteiger partial charge in [-0.05, 0) is 51.8 Å². The summed E-state index contributed by atoms with van der Waals surface area (Å²) in [5.41, 5.74) is -0.492. The molecule has 1 fully saturated rings. The maximum Gasteiger partial charge on any atom is 0.410 e. The molecule has 2 rings (SSSR count). The number of ether oxygens (including phenoxy) is 1. The predicted octanol–water partition coefficient (Wildman–Crippen LogP) is 4.46. The number of amides is 1. The lowest BCUT2D eigenvalue weighted by Gasteiger charge is -2.33. The molecule has 0 N–H and O–H groups in total. The maximum absolute atomic E-state index is 13.2. The van der Waals surface area contributed by atoms with Crippen molar-refractivity contribution in [2.75, 3.05) is 13.1 Å². The number of halogens is 2. The molecule has 1 aromatic carbocycles. The Morgan fingerprint density at radius 2 is 1.86 bits per heavy atom. The summed E-state index contributed by atoms with van der Waals surface area (Å²) in [6.45, 7) is 6.77. The van der Waals surface area contributed by atoms with Gasteiger partial charge in [-0.2, -0.15) is 0 Å². The molecule has 0 atom stereocenters. The summed E-state index contributed by atoms with van der Waals surface area (Å²) in [6, 6.07) is 3.96. The van der Waals surface area contributed by atoms with Gasteiger partial charge in [-0.1, -0.05) is 0 Å². The fourth-order valence-electron chi connectivity index (χ4n) is 2.23. The van der Waals surface area contributed by atoms with E-state index >= 15 is 0 Å². The van der Waals surface area contributed by atoms with Gasteiger partial charge in [-0.15, -0.1) is 11.8 Å². The van der Waals surface area contributed by atoms with Crippen LogP contribution in [0.15, 0.2) is 23.1 Å². The molecule has 6 heteroatoms. The number of likely N-dealkylation sites (tertiary alicyclic amines) is 1. The summed E-state index contributed by atoms with van der Waals surface area (Å²) >= 11 is 1.53. The molecule has 1 aliphatic heterocycles. The van der Waals surface area contributed by atoms with Gasteiger partial charge >= 0.3 is 6.09 Å². The number of thioether (sulfide) groups is 1. The van der Waals surface area contributed by atoms with Crippen LogP contribution in [0.2, 0.25) is 0 Å². The minimum absolute atomic E-state index is 0.288. The highest BCUT2D eigenvalue weighted by molar-refractivity contribution is 8.00. The van der Waals surface area contributed by atoms with Crippen LogP contribution in [0.4, 0.5) is 13.6 Å². The van der Waals surface area contributed by atoms with Crippen molar-refractivity contribution in [3.05, 3.63) is 29.8 Å². The third-order valence-electron chi connectivity index (χ3n) is 3.29. The highest BCUT2D eigenvalue weighted by Gasteiger charge is 2.27. The Kier molecular flexibility index (Phi) is 5.32. The largest absolute Gasteiger partial charge is 0.444 e. The minimum Gasteiger partial charge on any atom is -0.444 e. The molecule has 0 saturated carbocycles. The maximum atomic E-state index is 13.2. The Morgan fingerprint density at radius 1 is 1.23 bits per heavy atom. The summed E-state index contributed by atoms with van der Waals surface area (Å²) in [6.07, 6.45) is 1.33. The topological polar surface area (TPSA) is 29.5 Å². The van der Waals surface area contributed by atoms with Crippen LogP contribution in [0, 0.1) is 11.6 Å². The summed E-state index contributed by atoms with van der Waals surface area (Å²) in [7, 11) is 0. The van der Waals surface area contributed by atoms with Gasteiger partial charge in [0.25, 0.3) is 0 Å². The van der Waals surface area contributed by atoms with Crippen LogP contribution < -0.4 is 0 Å². The summed E-state index contributed by atoms with van der Waals surface area (Å²) in [5.74, 6) is -1.65. The van der Waals surface area contributed by atoms with Crippen LogP contribution in [0.3, 0.4) is 0 Å². The number of piperidine rings is 1. The van der Waals surface area contributed by atoms with Crippen molar-refractivity contribution in [2.45, 2.75) is 49.4 Å². The highest BCUT2D eigenvalue weighted by atomic mass is 32.2. The van der Waals surface area contributed by atoms with Crippen LogP contribution in [0.5, 0.6) is 0 Å². The van der Waals surface area contributed by atoms with Crippen molar-refractivity contribution < 1.29 is 18.3 Å². The van der Waals surface area contributed by atoms with E-state index in [-0.39, 0.29) is 6.09 Å². The molecule has 22 heavy (non-hydrogen) atoms. The molecule has 0 unspecified atom stereocenters. The fraction of sp³-hybridized carbons (Fsp3) is 0.562. The van der Waals surface area contributed by atoms with Crippen molar-refractivity contribution in [1.29, 1.82) is 0 Å². The molecule has 3 nitrogen and oxygen atoms in total. The molecular weight excluding hydrogens is 308 g/mol. The summed E-state index contributed by atoms with van der Waals surface area (Å²) in [4.78, 5) is 14.4. The van der Waals surface area contributed by atoms with Gasteiger partial charge in [0, 0.05) is 23.2 Å². The van der Waals surface area contributed by atoms with Gasteiger partial charge in [0.2, 0.25) is 0 Å². The number of hydrogen-bond donors (Lipinski definition) is 0. The standard InChI is InChI=1S/C16H21F2NO2S/c1-16(2,3)21-15(20)19-8-6-11(7-9-19)22-12-4-5-13(17)14(18)10-12/h4-5,10-11H,6-9H2,1-3H3. The van der Waals surface area contributed by atoms with Gasteiger partial charge in [0.15, 0.2) is 11.6 Å². The molecule has 1 saturated heterocycles. The average molecular weight is 329 g/mol. The molecule has 0 aliphatic carbocycles. The van der Waals surface area contributed by atoms with Crippen molar-refractivity contribution in [3.8, 4) is 0 Å². The Morgan fingerprint density at radius 3 is 2.41 bits per heavy atom. The Labute approximate surface area is 134 Å². The van der Waals surface area contributed by atoms with E-state index in [0.717, 1.165) is 23.8 Å². The van der Waals surface area contributed by atoms with E-state index in [9.17, 15) is 13.6 Å². The second kappa shape index (κ2) is 6.86. The second-order valence-electron chi connectivity index (χ2n) is 6.36. The summed E-state index contributed by atoms with van der Waals surface area (Å²) in [5, 5.41) is 0.295. The van der Waals surface area contributed by atoms with Crippen LogP contribution in [-0.2, 0) is 4.74 Å².